The maximum atomic E-state index is 16.4. The van der Waals surface area contributed by atoms with Gasteiger partial charge in [0.1, 0.15) is 11.6 Å². The Morgan fingerprint density at radius 3 is 2.59 bits per heavy atom. The van der Waals surface area contributed by atoms with Crippen molar-refractivity contribution >= 4 is 34.9 Å². The quantitative estimate of drug-likeness (QED) is 0.523. The summed E-state index contributed by atoms with van der Waals surface area (Å²) in [5.74, 6) is -2.88. The Bertz CT molecular complexity index is 1270. The van der Waals surface area contributed by atoms with E-state index in [1.807, 2.05) is 0 Å². The van der Waals surface area contributed by atoms with Crippen LogP contribution in [0.5, 0.6) is 0 Å². The van der Waals surface area contributed by atoms with E-state index in [0.29, 0.717) is 11.6 Å². The number of hydrogen-bond acceptors (Lipinski definition) is 6. The number of carbonyl (C=O) groups excluding carboxylic acids is 2. The van der Waals surface area contributed by atoms with Crippen molar-refractivity contribution < 1.29 is 22.8 Å². The minimum absolute atomic E-state index is 0.0144. The predicted octanol–water partition coefficient (Wildman–Crippen LogP) is 3.84. The molecule has 1 aliphatic rings. The van der Waals surface area contributed by atoms with E-state index in [0.717, 1.165) is 11.3 Å². The van der Waals surface area contributed by atoms with E-state index in [2.05, 4.69) is 20.6 Å². The molecule has 0 radical (unpaired) electrons. The van der Waals surface area contributed by atoms with E-state index in [9.17, 15) is 14.0 Å². The second kappa shape index (κ2) is 8.20. The molecule has 32 heavy (non-hydrogen) atoms. The van der Waals surface area contributed by atoms with Gasteiger partial charge >= 0.3 is 6.03 Å². The monoisotopic (exact) mass is 480 g/mol. The van der Waals surface area contributed by atoms with Gasteiger partial charge in [-0.2, -0.15) is 5.21 Å². The molecule has 0 fully saturated rings. The Morgan fingerprint density at radius 2 is 1.97 bits per heavy atom. The summed E-state index contributed by atoms with van der Waals surface area (Å²) < 4.78 is 45.1. The lowest BCUT2D eigenvalue weighted by Gasteiger charge is -2.29. The minimum Gasteiger partial charge on any atom is -0.351 e. The normalized spacial score (nSPS) is 18.4. The first-order valence-electron chi connectivity index (χ1n) is 8.88. The van der Waals surface area contributed by atoms with E-state index in [1.54, 1.807) is 10.7 Å². The van der Waals surface area contributed by atoms with Crippen LogP contribution in [-0.4, -0.2) is 32.6 Å². The van der Waals surface area contributed by atoms with E-state index >= 15 is 8.78 Å². The smallest absolute Gasteiger partial charge is 0.319 e. The minimum atomic E-state index is -2.81. The van der Waals surface area contributed by atoms with Crippen molar-refractivity contribution in [1.29, 1.82) is 0 Å². The fourth-order valence-corrected chi connectivity index (χ4v) is 4.70. The molecule has 8 nitrogen and oxygen atoms in total. The number of carbonyl (C=O) groups is 2. The average molecular weight is 481 g/mol. The highest BCUT2D eigenvalue weighted by atomic mass is 35.5. The first kappa shape index (κ1) is 21.7. The van der Waals surface area contributed by atoms with Gasteiger partial charge in [-0.15, -0.1) is 21.5 Å². The molecular weight excluding hydrogens is 469 g/mol. The van der Waals surface area contributed by atoms with Crippen LogP contribution < -0.4 is 11.1 Å². The van der Waals surface area contributed by atoms with Crippen molar-refractivity contribution in [3.05, 3.63) is 63.5 Å². The maximum absolute atomic E-state index is 16.4. The van der Waals surface area contributed by atoms with Gasteiger partial charge in [0.15, 0.2) is 5.67 Å². The molecule has 1 atom stereocenters. The number of allylic oxidation sites excluding steroid dienone is 2. The highest BCUT2D eigenvalue weighted by molar-refractivity contribution is 7.14. The van der Waals surface area contributed by atoms with Crippen molar-refractivity contribution in [1.82, 2.24) is 25.9 Å². The molecule has 0 spiro atoms. The zero-order valence-electron chi connectivity index (χ0n) is 15.8. The molecule has 1 aliphatic carbocycles. The topological polar surface area (TPSA) is 127 Å². The summed E-state index contributed by atoms with van der Waals surface area (Å²) in [7, 11) is 0. The fraction of sp³-hybridized carbons (Fsp3) is 0.105. The van der Waals surface area contributed by atoms with Gasteiger partial charge in [0.2, 0.25) is 5.82 Å². The summed E-state index contributed by atoms with van der Waals surface area (Å²) in [6, 6.07) is 4.02. The van der Waals surface area contributed by atoms with Crippen LogP contribution in [0.15, 0.2) is 52.2 Å². The first-order chi connectivity index (χ1) is 15.2. The number of aromatic nitrogens is 4. The number of rotatable bonds is 4. The lowest BCUT2D eigenvalue weighted by Crippen LogP contribution is -2.37. The molecule has 0 saturated heterocycles. The molecule has 0 saturated carbocycles. The Kier molecular flexibility index (Phi) is 5.57. The van der Waals surface area contributed by atoms with Crippen molar-refractivity contribution in [3.63, 3.8) is 0 Å². The molecular formula is C19H12ClF3N6O2S. The molecule has 4 N–H and O–H groups in total. The number of urea groups is 1. The van der Waals surface area contributed by atoms with Crippen LogP contribution in [0, 0.1) is 5.82 Å². The summed E-state index contributed by atoms with van der Waals surface area (Å²) >= 11 is 7.18. The Balaban J connectivity index is 1.87. The summed E-state index contributed by atoms with van der Waals surface area (Å²) in [6.45, 7) is 0. The number of H-pyrrole nitrogens is 1. The van der Waals surface area contributed by atoms with Crippen molar-refractivity contribution in [2.45, 2.75) is 12.1 Å². The van der Waals surface area contributed by atoms with E-state index in [-0.39, 0.29) is 26.9 Å². The Labute approximate surface area is 187 Å². The Morgan fingerprint density at radius 1 is 1.25 bits per heavy atom. The lowest BCUT2D eigenvalue weighted by molar-refractivity contribution is -0.116. The number of hydrogen-bond donors (Lipinski definition) is 3. The molecule has 1 aromatic carbocycles. The Hall–Kier alpha value is -3.51. The van der Waals surface area contributed by atoms with Crippen LogP contribution in [0.3, 0.4) is 0 Å². The number of alkyl halides is 1. The molecule has 3 amide bonds. The summed E-state index contributed by atoms with van der Waals surface area (Å²) in [6.07, 6.45) is -0.148. The average Bonchev–Trinajstić information content (AvgIpc) is 3.40. The van der Waals surface area contributed by atoms with Crippen molar-refractivity contribution in [3.8, 4) is 21.8 Å². The molecule has 2 heterocycles. The third-order valence-electron chi connectivity index (χ3n) is 4.71. The van der Waals surface area contributed by atoms with Gasteiger partial charge in [-0.05, 0) is 39.9 Å². The number of imide groups is 1. The SMILES string of the molecule is NC(=O)NC(=O)C1=C(Cl)CC(F)(c2c(-c3ccc(F)cc3)csc2-c2nn[nH]n2)C(F)=C1. The molecule has 4 rings (SSSR count). The second-order valence-corrected chi connectivity index (χ2v) is 8.04. The van der Waals surface area contributed by atoms with E-state index < -0.39 is 41.2 Å². The van der Waals surface area contributed by atoms with Gasteiger partial charge in [0, 0.05) is 17.0 Å². The summed E-state index contributed by atoms with van der Waals surface area (Å²) in [4.78, 5) is 23.2. The number of aromatic amines is 1. The largest absolute Gasteiger partial charge is 0.351 e. The zero-order chi connectivity index (χ0) is 23.0. The number of primary amides is 1. The van der Waals surface area contributed by atoms with Gasteiger partial charge in [-0.1, -0.05) is 23.7 Å². The van der Waals surface area contributed by atoms with Gasteiger partial charge in [-0.25, -0.2) is 18.0 Å². The third kappa shape index (κ3) is 3.78. The molecule has 0 aliphatic heterocycles. The fourth-order valence-electron chi connectivity index (χ4n) is 3.30. The van der Waals surface area contributed by atoms with Crippen molar-refractivity contribution in [2.75, 3.05) is 0 Å². The van der Waals surface area contributed by atoms with Crippen LogP contribution in [0.1, 0.15) is 12.0 Å². The molecule has 13 heteroatoms. The summed E-state index contributed by atoms with van der Waals surface area (Å²) in [5.41, 5.74) is 2.18. The van der Waals surface area contributed by atoms with Crippen LogP contribution in [0.2, 0.25) is 0 Å². The molecule has 1 unspecified atom stereocenters. The van der Waals surface area contributed by atoms with Gasteiger partial charge in [0.25, 0.3) is 5.91 Å². The maximum Gasteiger partial charge on any atom is 0.319 e. The van der Waals surface area contributed by atoms with Crippen LogP contribution in [0.25, 0.3) is 21.8 Å². The highest BCUT2D eigenvalue weighted by Gasteiger charge is 2.47. The second-order valence-electron chi connectivity index (χ2n) is 6.70. The number of nitrogens with one attached hydrogen (secondary N) is 2. The van der Waals surface area contributed by atoms with Gasteiger partial charge in [0.05, 0.1) is 10.5 Å². The number of nitrogens with zero attached hydrogens (tertiary/aromatic N) is 3. The molecule has 0 bridgehead atoms. The van der Waals surface area contributed by atoms with E-state index in [4.69, 9.17) is 17.3 Å². The van der Waals surface area contributed by atoms with E-state index in [1.165, 1.54) is 24.3 Å². The first-order valence-corrected chi connectivity index (χ1v) is 10.1. The van der Waals surface area contributed by atoms with Crippen LogP contribution >= 0.6 is 22.9 Å². The number of halogens is 4. The summed E-state index contributed by atoms with van der Waals surface area (Å²) in [5, 5.41) is 16.4. The third-order valence-corrected chi connectivity index (χ3v) is 6.03. The highest BCUT2D eigenvalue weighted by Crippen LogP contribution is 2.53. The van der Waals surface area contributed by atoms with Crippen LogP contribution in [-0.2, 0) is 10.5 Å². The van der Waals surface area contributed by atoms with Crippen molar-refractivity contribution in [2.24, 2.45) is 5.73 Å². The lowest BCUT2D eigenvalue weighted by atomic mass is 9.82. The number of amides is 3. The van der Waals surface area contributed by atoms with Gasteiger partial charge < -0.3 is 5.73 Å². The van der Waals surface area contributed by atoms with Gasteiger partial charge in [-0.3, -0.25) is 10.1 Å². The number of benzene rings is 1. The van der Waals surface area contributed by atoms with Crippen LogP contribution in [0.4, 0.5) is 18.0 Å². The predicted molar refractivity (Wildman–Crippen MR) is 110 cm³/mol. The number of thiophene rings is 1. The molecule has 2 aromatic heterocycles. The number of nitrogens with two attached hydrogens (primary N) is 1. The zero-order valence-corrected chi connectivity index (χ0v) is 17.4. The number of tetrazole rings is 1. The molecule has 164 valence electrons. The molecule has 3 aromatic rings. The standard InChI is InChI=1S/C19H12ClF3N6O2S/c20-12-6-19(23,13(22)5-10(12)17(30)25-18(24)31)14-11(8-1-3-9(21)4-2-8)7-32-15(14)16-26-28-29-27-16/h1-5,7H,6H2,(H3,24,25,30,31)(H,26,27,28,29).